The van der Waals surface area contributed by atoms with Crippen LogP contribution in [0.15, 0.2) is 23.1 Å². The average molecular weight is 488 g/mol. The monoisotopic (exact) mass is 487 g/mol. The lowest BCUT2D eigenvalue weighted by Crippen LogP contribution is -2.33. The maximum atomic E-state index is 13.1. The molecule has 1 atom stereocenters. The lowest BCUT2D eigenvalue weighted by atomic mass is 10.1. The molecule has 0 aliphatic carbocycles. The molecule has 0 aromatic carbocycles. The number of anilines is 1. The van der Waals surface area contributed by atoms with Crippen LogP contribution in [0, 0.1) is 5.92 Å². The molecule has 0 spiro atoms. The van der Waals surface area contributed by atoms with Gasteiger partial charge in [0.15, 0.2) is 5.75 Å². The number of nitrogens with zero attached hydrogens (tertiary/aromatic N) is 2. The highest BCUT2D eigenvalue weighted by molar-refractivity contribution is 5.91. The van der Waals surface area contributed by atoms with Crippen molar-refractivity contribution in [2.45, 2.75) is 59.5 Å². The molecule has 3 heterocycles. The van der Waals surface area contributed by atoms with E-state index in [9.17, 15) is 14.4 Å². The molecule has 1 amide bonds. The molecule has 0 bridgehead atoms. The van der Waals surface area contributed by atoms with Crippen molar-refractivity contribution in [2.75, 3.05) is 38.3 Å². The largest absolute Gasteiger partial charge is 0.492 e. The fraction of sp³-hybridized carbons (Fsp3) is 0.577. The minimum absolute atomic E-state index is 0.0229. The Labute approximate surface area is 206 Å². The standard InChI is InChI=1S/C26H37N3O6/c1-7-18-15-19(24(31)34-8-2)23(30)29-14-11-20(22(33-6)21(18)29)28-13-10-17(16-28)9-12-27-25(32)35-26(3,4)5/h11,14-15,17H,7-10,12-13,16H2,1-6H3,(H,27,32). The summed E-state index contributed by atoms with van der Waals surface area (Å²) >= 11 is 0. The highest BCUT2D eigenvalue weighted by atomic mass is 16.6. The smallest absolute Gasteiger partial charge is 0.407 e. The molecule has 1 N–H and O–H groups in total. The van der Waals surface area contributed by atoms with Crippen LogP contribution in [0.4, 0.5) is 10.5 Å². The molecular formula is C26H37N3O6. The van der Waals surface area contributed by atoms with Crippen molar-refractivity contribution >= 4 is 23.3 Å². The van der Waals surface area contributed by atoms with Crippen molar-refractivity contribution in [1.82, 2.24) is 9.72 Å². The third-order valence-electron chi connectivity index (χ3n) is 6.07. The first-order chi connectivity index (χ1) is 16.6. The first-order valence-electron chi connectivity index (χ1n) is 12.2. The molecule has 1 aliphatic heterocycles. The van der Waals surface area contributed by atoms with Gasteiger partial charge in [-0.3, -0.25) is 9.20 Å². The van der Waals surface area contributed by atoms with Crippen LogP contribution in [0.25, 0.3) is 5.52 Å². The molecule has 0 saturated carbocycles. The second-order valence-electron chi connectivity index (χ2n) is 9.73. The molecule has 35 heavy (non-hydrogen) atoms. The van der Waals surface area contributed by atoms with Crippen LogP contribution in [-0.2, 0) is 15.9 Å². The van der Waals surface area contributed by atoms with Gasteiger partial charge >= 0.3 is 12.1 Å². The van der Waals surface area contributed by atoms with E-state index in [2.05, 4.69) is 10.2 Å². The number of carbonyl (C=O) groups excluding carboxylic acids is 2. The number of hydrogen-bond acceptors (Lipinski definition) is 7. The molecule has 0 radical (unpaired) electrons. The van der Waals surface area contributed by atoms with E-state index in [1.165, 1.54) is 4.40 Å². The molecule has 2 aromatic heterocycles. The molecule has 1 fully saturated rings. The van der Waals surface area contributed by atoms with E-state index < -0.39 is 23.2 Å². The number of hydrogen-bond donors (Lipinski definition) is 1. The summed E-state index contributed by atoms with van der Waals surface area (Å²) < 4.78 is 17.7. The number of nitrogens with one attached hydrogen (secondary N) is 1. The number of aromatic nitrogens is 1. The number of esters is 1. The Morgan fingerprint density at radius 1 is 1.23 bits per heavy atom. The predicted octanol–water partition coefficient (Wildman–Crippen LogP) is 3.79. The van der Waals surface area contributed by atoms with E-state index in [1.54, 1.807) is 26.3 Å². The third kappa shape index (κ3) is 6.07. The van der Waals surface area contributed by atoms with E-state index in [0.717, 1.165) is 37.2 Å². The summed E-state index contributed by atoms with van der Waals surface area (Å²) in [5.41, 5.74) is 1.50. The first-order valence-corrected chi connectivity index (χ1v) is 12.2. The number of pyridine rings is 2. The number of rotatable bonds is 8. The summed E-state index contributed by atoms with van der Waals surface area (Å²) in [6.45, 7) is 11.6. The summed E-state index contributed by atoms with van der Waals surface area (Å²) in [4.78, 5) is 39.6. The van der Waals surface area contributed by atoms with E-state index in [1.807, 2.05) is 33.8 Å². The van der Waals surface area contributed by atoms with E-state index in [0.29, 0.717) is 30.1 Å². The second-order valence-corrected chi connectivity index (χ2v) is 9.73. The number of aryl methyl sites for hydroxylation is 1. The van der Waals surface area contributed by atoms with Crippen LogP contribution < -0.4 is 20.5 Å². The highest BCUT2D eigenvalue weighted by Gasteiger charge is 2.27. The van der Waals surface area contributed by atoms with Crippen LogP contribution in [0.1, 0.15) is 63.4 Å². The van der Waals surface area contributed by atoms with Gasteiger partial charge in [0.25, 0.3) is 5.56 Å². The van der Waals surface area contributed by atoms with E-state index in [-0.39, 0.29) is 12.2 Å². The first kappa shape index (κ1) is 26.4. The summed E-state index contributed by atoms with van der Waals surface area (Å²) in [5.74, 6) is 0.404. The van der Waals surface area contributed by atoms with Crippen molar-refractivity contribution in [3.63, 3.8) is 0 Å². The van der Waals surface area contributed by atoms with Crippen molar-refractivity contribution < 1.29 is 23.8 Å². The molecule has 2 aromatic rings. The maximum absolute atomic E-state index is 13.1. The Morgan fingerprint density at radius 3 is 2.60 bits per heavy atom. The zero-order valence-electron chi connectivity index (χ0n) is 21.6. The van der Waals surface area contributed by atoms with Crippen LogP contribution in [0.3, 0.4) is 0 Å². The highest BCUT2D eigenvalue weighted by Crippen LogP contribution is 2.37. The summed E-state index contributed by atoms with van der Waals surface area (Å²) in [6.07, 6.45) is 3.75. The summed E-state index contributed by atoms with van der Waals surface area (Å²) in [5, 5.41) is 2.83. The topological polar surface area (TPSA) is 98.6 Å². The van der Waals surface area contributed by atoms with Crippen molar-refractivity contribution in [2.24, 2.45) is 5.92 Å². The number of methoxy groups -OCH3 is 1. The van der Waals surface area contributed by atoms with Crippen molar-refractivity contribution in [3.8, 4) is 5.75 Å². The predicted molar refractivity (Wildman–Crippen MR) is 135 cm³/mol. The maximum Gasteiger partial charge on any atom is 0.407 e. The zero-order valence-corrected chi connectivity index (χ0v) is 21.6. The Balaban J connectivity index is 1.81. The zero-order chi connectivity index (χ0) is 25.8. The molecular weight excluding hydrogens is 450 g/mol. The Kier molecular flexibility index (Phi) is 8.30. The second kappa shape index (κ2) is 11.0. The number of fused-ring (bicyclic) bond motifs is 1. The van der Waals surface area contributed by atoms with Gasteiger partial charge in [-0.15, -0.1) is 0 Å². The van der Waals surface area contributed by atoms with Gasteiger partial charge in [0.1, 0.15) is 11.2 Å². The minimum Gasteiger partial charge on any atom is -0.492 e. The number of ether oxygens (including phenoxy) is 3. The van der Waals surface area contributed by atoms with Gasteiger partial charge in [-0.1, -0.05) is 6.92 Å². The van der Waals surface area contributed by atoms with Crippen LogP contribution in [0.2, 0.25) is 0 Å². The fourth-order valence-corrected chi connectivity index (χ4v) is 4.48. The summed E-state index contributed by atoms with van der Waals surface area (Å²) in [7, 11) is 1.60. The SMILES string of the molecule is CCOC(=O)c1cc(CC)c2c(OC)c(N3CCC(CCNC(=O)OC(C)(C)C)C3)ccn2c1=O. The summed E-state index contributed by atoms with van der Waals surface area (Å²) in [6, 6.07) is 3.49. The normalized spacial score (nSPS) is 15.8. The van der Waals surface area contributed by atoms with E-state index >= 15 is 0 Å². The lowest BCUT2D eigenvalue weighted by molar-refractivity contribution is 0.0514. The molecule has 192 valence electrons. The molecule has 1 aliphatic rings. The Hall–Kier alpha value is -3.23. The average Bonchev–Trinajstić information content (AvgIpc) is 3.26. The fourth-order valence-electron chi connectivity index (χ4n) is 4.48. The van der Waals surface area contributed by atoms with Gasteiger partial charge in [-0.05, 0) is 70.6 Å². The molecule has 9 heteroatoms. The van der Waals surface area contributed by atoms with Gasteiger partial charge in [0, 0.05) is 25.8 Å². The van der Waals surface area contributed by atoms with Crippen molar-refractivity contribution in [1.29, 1.82) is 0 Å². The van der Waals surface area contributed by atoms with Crippen LogP contribution >= 0.6 is 0 Å². The third-order valence-corrected chi connectivity index (χ3v) is 6.07. The number of amides is 1. The van der Waals surface area contributed by atoms with Gasteiger partial charge in [-0.2, -0.15) is 0 Å². The lowest BCUT2D eigenvalue weighted by Gasteiger charge is -2.24. The Morgan fingerprint density at radius 2 is 1.97 bits per heavy atom. The van der Waals surface area contributed by atoms with Crippen molar-refractivity contribution in [3.05, 3.63) is 39.8 Å². The number of alkyl carbamates (subject to hydrolysis) is 1. The van der Waals surface area contributed by atoms with Gasteiger partial charge < -0.3 is 24.4 Å². The number of carbonyl (C=O) groups is 2. The van der Waals surface area contributed by atoms with Gasteiger partial charge in [-0.25, -0.2) is 9.59 Å². The molecule has 1 unspecified atom stereocenters. The molecule has 9 nitrogen and oxygen atoms in total. The quantitative estimate of drug-likeness (QED) is 0.566. The minimum atomic E-state index is -0.619. The van der Waals surface area contributed by atoms with E-state index in [4.69, 9.17) is 14.2 Å². The molecule has 1 saturated heterocycles. The Bertz CT molecular complexity index is 1130. The van der Waals surface area contributed by atoms with Gasteiger partial charge in [0.2, 0.25) is 0 Å². The van der Waals surface area contributed by atoms with Crippen LogP contribution in [-0.4, -0.2) is 55.4 Å². The van der Waals surface area contributed by atoms with Crippen LogP contribution in [0.5, 0.6) is 5.75 Å². The van der Waals surface area contributed by atoms with Gasteiger partial charge in [0.05, 0.1) is 24.9 Å². The molecule has 3 rings (SSSR count).